The average molecular weight is 1220 g/mol. The molecule has 0 heterocycles. The molecule has 216 valence electrons. The summed E-state index contributed by atoms with van der Waals surface area (Å²) in [6.07, 6.45) is 0. The van der Waals surface area contributed by atoms with E-state index in [1.54, 1.807) is 0 Å². The first-order valence-electron chi connectivity index (χ1n) is 13.0. The minimum absolute atomic E-state index is 1.13. The normalized spacial score (nSPS) is 11.1. The van der Waals surface area contributed by atoms with Gasteiger partial charge >= 0.3 is 307 Å². The van der Waals surface area contributed by atoms with E-state index in [0.29, 0.717) is 0 Å². The van der Waals surface area contributed by atoms with Crippen molar-refractivity contribution in [2.75, 3.05) is 0 Å². The van der Waals surface area contributed by atoms with E-state index >= 15 is 0 Å². The van der Waals surface area contributed by atoms with Gasteiger partial charge in [-0.15, -0.1) is 0 Å². The molecule has 0 aliphatic carbocycles. The summed E-state index contributed by atoms with van der Waals surface area (Å²) in [6, 6.07) is 64.9. The number of hydrogen-bond donors (Lipinski definition) is 0. The fourth-order valence-electron chi connectivity index (χ4n) is 3.53. The third-order valence-corrected chi connectivity index (χ3v) is 35.4. The summed E-state index contributed by atoms with van der Waals surface area (Å²) in [5, 5.41) is 0. The van der Waals surface area contributed by atoms with Gasteiger partial charge in [0.2, 0.25) is 0 Å². The molecule has 0 aliphatic heterocycles. The van der Waals surface area contributed by atoms with Crippen molar-refractivity contribution in [1.82, 2.24) is 0 Å². The molecule has 0 spiro atoms. The van der Waals surface area contributed by atoms with Crippen molar-refractivity contribution >= 4 is 103 Å². The van der Waals surface area contributed by atoms with Crippen LogP contribution in [0.4, 0.5) is 0 Å². The Balaban J connectivity index is 0.000000145. The molecule has 0 unspecified atom stereocenters. The van der Waals surface area contributed by atoms with Crippen LogP contribution >= 0.6 is 103 Å². The topological polar surface area (TPSA) is 0 Å². The van der Waals surface area contributed by atoms with Crippen LogP contribution in [0.3, 0.4) is 0 Å². The minimum atomic E-state index is -1.13. The first-order valence-corrected chi connectivity index (χ1v) is 38.4. The standard InChI is InChI=1S/3C12H10I2/c3*13-14(11-7-3-1-4-8-11)12-9-5-2-6-10-12/h3*1-10H. The third-order valence-electron chi connectivity index (χ3n) is 5.55. The predicted octanol–water partition coefficient (Wildman–Crippen LogP) is 13.7. The van der Waals surface area contributed by atoms with E-state index in [-0.39, 0.29) is 0 Å². The second kappa shape index (κ2) is 20.0. The van der Waals surface area contributed by atoms with Gasteiger partial charge in [0.1, 0.15) is 0 Å². The molecule has 0 amide bonds. The molecule has 0 radical (unpaired) electrons. The molecule has 0 bridgehead atoms. The van der Waals surface area contributed by atoms with Crippen LogP contribution in [0.1, 0.15) is 0 Å². The van der Waals surface area contributed by atoms with Crippen molar-refractivity contribution in [1.29, 1.82) is 0 Å². The zero-order chi connectivity index (χ0) is 29.4. The van der Waals surface area contributed by atoms with Crippen molar-refractivity contribution in [3.05, 3.63) is 203 Å². The molecule has 6 heteroatoms. The molecule has 0 atom stereocenters. The van der Waals surface area contributed by atoms with Crippen LogP contribution in [0, 0.1) is 21.4 Å². The quantitative estimate of drug-likeness (QED) is 0.146. The summed E-state index contributed by atoms with van der Waals surface area (Å²) in [5.74, 6) is 0. The summed E-state index contributed by atoms with van der Waals surface area (Å²) >= 11 is 4.50. The van der Waals surface area contributed by atoms with Gasteiger partial charge in [-0.3, -0.25) is 0 Å². The van der Waals surface area contributed by atoms with E-state index < -0.39 is 47.5 Å². The van der Waals surface area contributed by atoms with Gasteiger partial charge in [0, 0.05) is 0 Å². The van der Waals surface area contributed by atoms with Crippen molar-refractivity contribution in [2.45, 2.75) is 0 Å². The molecule has 6 aromatic rings. The number of halogens is 6. The van der Waals surface area contributed by atoms with Crippen LogP contribution in [-0.4, -0.2) is 0 Å². The van der Waals surface area contributed by atoms with E-state index in [1.165, 1.54) is 21.4 Å². The second-order valence-electron chi connectivity index (χ2n) is 8.49. The van der Waals surface area contributed by atoms with Gasteiger partial charge in [0.25, 0.3) is 0 Å². The molecule has 0 fully saturated rings. The van der Waals surface area contributed by atoms with Gasteiger partial charge in [-0.2, -0.15) is 0 Å². The molecule has 6 aromatic carbocycles. The summed E-state index contributed by atoms with van der Waals surface area (Å²) in [5.41, 5.74) is 0. The molecule has 6 rings (SSSR count). The first kappa shape index (κ1) is 34.6. The number of rotatable bonds is 6. The van der Waals surface area contributed by atoms with Gasteiger partial charge in [-0.1, -0.05) is 0 Å². The van der Waals surface area contributed by atoms with Gasteiger partial charge in [-0.05, 0) is 0 Å². The Morgan fingerprint density at radius 3 is 0.452 bits per heavy atom. The van der Waals surface area contributed by atoms with E-state index in [0.717, 1.165) is 0 Å². The Morgan fingerprint density at radius 2 is 0.333 bits per heavy atom. The molecule has 0 aromatic heterocycles. The van der Waals surface area contributed by atoms with Crippen LogP contribution < -0.4 is 0 Å². The van der Waals surface area contributed by atoms with E-state index in [9.17, 15) is 0 Å². The monoisotopic (exact) mass is 1220 g/mol. The molecule has 0 aliphatic rings. The average Bonchev–Trinajstić information content (AvgIpc) is 3.10. The van der Waals surface area contributed by atoms with Crippen LogP contribution in [0.5, 0.6) is 0 Å². The van der Waals surface area contributed by atoms with Crippen LogP contribution in [0.2, 0.25) is 0 Å². The molecule has 0 saturated heterocycles. The second-order valence-corrected chi connectivity index (χ2v) is 36.4. The fraction of sp³-hybridized carbons (Fsp3) is 0. The van der Waals surface area contributed by atoms with Crippen molar-refractivity contribution in [3.8, 4) is 0 Å². The van der Waals surface area contributed by atoms with Gasteiger partial charge in [0.15, 0.2) is 0 Å². The van der Waals surface area contributed by atoms with Gasteiger partial charge < -0.3 is 0 Å². The van der Waals surface area contributed by atoms with Crippen LogP contribution in [-0.2, 0) is 0 Å². The molecule has 0 N–H and O–H groups in total. The van der Waals surface area contributed by atoms with E-state index in [1.807, 2.05) is 0 Å². The Labute approximate surface area is 301 Å². The number of benzene rings is 6. The van der Waals surface area contributed by atoms with Crippen molar-refractivity contribution in [2.24, 2.45) is 0 Å². The zero-order valence-corrected chi connectivity index (χ0v) is 35.5. The van der Waals surface area contributed by atoms with Gasteiger partial charge in [-0.25, -0.2) is 0 Å². The Kier molecular flexibility index (Phi) is 16.4. The molecule has 42 heavy (non-hydrogen) atoms. The molecule has 0 nitrogen and oxygen atoms in total. The van der Waals surface area contributed by atoms with Crippen LogP contribution in [0.25, 0.3) is 0 Å². The Morgan fingerprint density at radius 1 is 0.214 bits per heavy atom. The maximum absolute atomic E-state index is 2.63. The first-order chi connectivity index (χ1) is 20.6. The Bertz CT molecular complexity index is 1220. The zero-order valence-electron chi connectivity index (χ0n) is 22.6. The Hall–Kier alpha value is -0.300. The molecular weight excluding hydrogens is 1190 g/mol. The summed E-state index contributed by atoms with van der Waals surface area (Å²) in [6.45, 7) is 0. The predicted molar refractivity (Wildman–Crippen MR) is 235 cm³/mol. The SMILES string of the molecule is II(c1ccccc1)c1ccccc1.II(c1ccccc1)c1ccccc1.II(c1ccccc1)c1ccccc1. The summed E-state index contributed by atoms with van der Waals surface area (Å²) in [4.78, 5) is 0. The van der Waals surface area contributed by atoms with E-state index in [4.69, 9.17) is 0 Å². The van der Waals surface area contributed by atoms with Crippen LogP contribution in [0.15, 0.2) is 182 Å². The molecule has 0 saturated carbocycles. The third kappa shape index (κ3) is 11.6. The van der Waals surface area contributed by atoms with E-state index in [2.05, 4.69) is 238 Å². The van der Waals surface area contributed by atoms with Crippen molar-refractivity contribution in [3.63, 3.8) is 0 Å². The van der Waals surface area contributed by atoms with Gasteiger partial charge in [0.05, 0.1) is 0 Å². The summed E-state index contributed by atoms with van der Waals surface area (Å²) < 4.78 is 9.10. The fourth-order valence-corrected chi connectivity index (χ4v) is 22.9. The summed E-state index contributed by atoms with van der Waals surface area (Å²) in [7, 11) is 0. The van der Waals surface area contributed by atoms with Crippen molar-refractivity contribution < 1.29 is 0 Å². The maximum atomic E-state index is 2.63. The number of hydrogen-bond acceptors (Lipinski definition) is 0. The molecular formula is C36H30I6.